The van der Waals surface area contributed by atoms with Gasteiger partial charge in [-0.25, -0.2) is 14.4 Å². The predicted molar refractivity (Wildman–Crippen MR) is 153 cm³/mol. The molecule has 0 saturated heterocycles. The van der Waals surface area contributed by atoms with Crippen LogP contribution in [-0.2, 0) is 10.3 Å². The number of rotatable bonds is 7. The molecule has 0 aliphatic carbocycles. The Morgan fingerprint density at radius 1 is 1.15 bits per heavy atom. The van der Waals surface area contributed by atoms with Gasteiger partial charge in [0.2, 0.25) is 5.88 Å². The number of alkyl halides is 1. The lowest BCUT2D eigenvalue weighted by Gasteiger charge is -2.35. The second kappa shape index (κ2) is 9.88. The topological polar surface area (TPSA) is 98.6 Å². The first-order valence-corrected chi connectivity index (χ1v) is 13.5. The van der Waals surface area contributed by atoms with Crippen LogP contribution in [0.15, 0.2) is 54.7 Å². The average molecular weight is 576 g/mol. The SMILES string of the molecule is COc1cc(OCCF)ncc1-c1nc2c(n1C(C)C)C1(C(=O)Nc3cc(C)ccc31)N(c1cccc(Cl)c1)C2=O. The number of aryl methyl sites for hydroxylation is 1. The highest BCUT2D eigenvalue weighted by Gasteiger charge is 2.64. The molecule has 9 nitrogen and oxygen atoms in total. The van der Waals surface area contributed by atoms with Crippen LogP contribution in [0.5, 0.6) is 11.6 Å². The summed E-state index contributed by atoms with van der Waals surface area (Å²) < 4.78 is 25.5. The second-order valence-corrected chi connectivity index (χ2v) is 10.6. The number of fused-ring (bicyclic) bond motifs is 4. The van der Waals surface area contributed by atoms with Crippen molar-refractivity contribution < 1.29 is 23.5 Å². The molecule has 4 heterocycles. The summed E-state index contributed by atoms with van der Waals surface area (Å²) in [5, 5.41) is 3.45. The number of aromatic nitrogens is 3. The highest BCUT2D eigenvalue weighted by molar-refractivity contribution is 6.31. The van der Waals surface area contributed by atoms with Gasteiger partial charge in [-0.2, -0.15) is 0 Å². The number of nitrogens with one attached hydrogen (secondary N) is 1. The molecule has 2 amide bonds. The molecule has 11 heteroatoms. The van der Waals surface area contributed by atoms with Crippen LogP contribution in [0, 0.1) is 6.92 Å². The van der Waals surface area contributed by atoms with E-state index in [9.17, 15) is 14.0 Å². The molecule has 6 rings (SSSR count). The van der Waals surface area contributed by atoms with Gasteiger partial charge in [0.05, 0.1) is 18.4 Å². The molecule has 0 fully saturated rings. The number of anilines is 2. The Labute approximate surface area is 240 Å². The van der Waals surface area contributed by atoms with Gasteiger partial charge in [0, 0.05) is 40.3 Å². The van der Waals surface area contributed by atoms with Gasteiger partial charge in [0.1, 0.15) is 24.9 Å². The van der Waals surface area contributed by atoms with Gasteiger partial charge in [-0.3, -0.25) is 14.5 Å². The first-order valence-electron chi connectivity index (χ1n) is 13.1. The summed E-state index contributed by atoms with van der Waals surface area (Å²) in [6.45, 7) is 5.04. The number of halogens is 2. The zero-order valence-electron chi connectivity index (χ0n) is 22.9. The number of carbonyl (C=O) groups excluding carboxylic acids is 2. The Hall–Kier alpha value is -4.44. The Kier molecular flexibility index (Phi) is 6.45. The normalized spacial score (nSPS) is 17.3. The van der Waals surface area contributed by atoms with Crippen LogP contribution in [0.25, 0.3) is 11.4 Å². The minimum Gasteiger partial charge on any atom is -0.496 e. The van der Waals surface area contributed by atoms with E-state index in [0.717, 1.165) is 5.56 Å². The number of hydrogen-bond donors (Lipinski definition) is 1. The van der Waals surface area contributed by atoms with Crippen molar-refractivity contribution in [3.8, 4) is 23.0 Å². The second-order valence-electron chi connectivity index (χ2n) is 10.2. The third-order valence-electron chi connectivity index (χ3n) is 7.35. The molecule has 2 aromatic heterocycles. The standard InChI is InChI=1S/C30H27ClFN5O4/c1-16(2)36-26-25(35-27(36)20-15-33-24(41-11-10-32)14-23(20)40-4)28(38)37(19-7-5-6-18(31)13-19)30(26)21-9-8-17(3)12-22(21)34-29(30)39/h5-9,12-16H,10-11H2,1-4H3,(H,34,39). The number of nitrogens with zero attached hydrogens (tertiary/aromatic N) is 4. The molecule has 2 aliphatic heterocycles. The molecule has 0 bridgehead atoms. The van der Waals surface area contributed by atoms with Gasteiger partial charge in [0.25, 0.3) is 11.8 Å². The Balaban J connectivity index is 1.66. The lowest BCUT2D eigenvalue weighted by Crippen LogP contribution is -2.51. The quantitative estimate of drug-likeness (QED) is 0.303. The molecule has 0 radical (unpaired) electrons. The highest BCUT2D eigenvalue weighted by Crippen LogP contribution is 2.54. The van der Waals surface area contributed by atoms with Crippen molar-refractivity contribution in [1.29, 1.82) is 0 Å². The van der Waals surface area contributed by atoms with E-state index in [-0.39, 0.29) is 30.1 Å². The summed E-state index contributed by atoms with van der Waals surface area (Å²) in [6.07, 6.45) is 1.51. The number of pyridine rings is 1. The number of imidazole rings is 1. The molecule has 210 valence electrons. The maximum atomic E-state index is 14.4. The molecule has 2 aliphatic rings. The van der Waals surface area contributed by atoms with Crippen LogP contribution in [0.4, 0.5) is 15.8 Å². The van der Waals surface area contributed by atoms with Gasteiger partial charge in [-0.05, 0) is 50.6 Å². The van der Waals surface area contributed by atoms with E-state index < -0.39 is 18.1 Å². The molecular formula is C30H27ClFN5O4. The average Bonchev–Trinajstić information content (AvgIpc) is 3.55. The van der Waals surface area contributed by atoms with Crippen LogP contribution >= 0.6 is 11.6 Å². The van der Waals surface area contributed by atoms with Crippen LogP contribution < -0.4 is 19.7 Å². The summed E-state index contributed by atoms with van der Waals surface area (Å²) in [4.78, 5) is 39.3. The maximum absolute atomic E-state index is 14.4. The van der Waals surface area contributed by atoms with Crippen LogP contribution in [-0.4, -0.2) is 46.7 Å². The van der Waals surface area contributed by atoms with Crippen molar-refractivity contribution in [3.63, 3.8) is 0 Å². The van der Waals surface area contributed by atoms with E-state index in [1.807, 2.05) is 43.5 Å². The summed E-state index contributed by atoms with van der Waals surface area (Å²) in [7, 11) is 1.49. The van der Waals surface area contributed by atoms with Gasteiger partial charge in [-0.15, -0.1) is 0 Å². The zero-order valence-corrected chi connectivity index (χ0v) is 23.6. The van der Waals surface area contributed by atoms with Crippen LogP contribution in [0.3, 0.4) is 0 Å². The number of benzene rings is 2. The third-order valence-corrected chi connectivity index (χ3v) is 7.58. The summed E-state index contributed by atoms with van der Waals surface area (Å²) in [5.41, 5.74) is 2.19. The lowest BCUT2D eigenvalue weighted by atomic mass is 9.86. The van der Waals surface area contributed by atoms with Gasteiger partial charge in [0.15, 0.2) is 11.2 Å². The summed E-state index contributed by atoms with van der Waals surface area (Å²) in [6, 6.07) is 13.9. The largest absolute Gasteiger partial charge is 0.496 e. The Morgan fingerprint density at radius 3 is 2.66 bits per heavy atom. The minimum absolute atomic E-state index is 0.136. The lowest BCUT2D eigenvalue weighted by molar-refractivity contribution is -0.119. The molecule has 1 unspecified atom stereocenters. The number of hydrogen-bond acceptors (Lipinski definition) is 6. The Morgan fingerprint density at radius 2 is 1.95 bits per heavy atom. The van der Waals surface area contributed by atoms with E-state index >= 15 is 0 Å². The van der Waals surface area contributed by atoms with Crippen molar-refractivity contribution >= 4 is 34.8 Å². The van der Waals surface area contributed by atoms with Crippen molar-refractivity contribution in [3.05, 3.63) is 82.3 Å². The molecule has 2 aromatic carbocycles. The van der Waals surface area contributed by atoms with Gasteiger partial charge < -0.3 is 19.4 Å². The molecule has 1 atom stereocenters. The fraction of sp³-hybridized carbons (Fsp3) is 0.267. The number of ether oxygens (including phenoxy) is 2. The van der Waals surface area contributed by atoms with Crippen molar-refractivity contribution in [2.45, 2.75) is 32.4 Å². The number of methoxy groups -OCH3 is 1. The predicted octanol–water partition coefficient (Wildman–Crippen LogP) is 5.70. The van der Waals surface area contributed by atoms with Crippen LogP contribution in [0.2, 0.25) is 5.02 Å². The molecule has 0 saturated carbocycles. The van der Waals surface area contributed by atoms with E-state index in [4.69, 9.17) is 26.1 Å². The maximum Gasteiger partial charge on any atom is 0.280 e. The number of carbonyl (C=O) groups is 2. The fourth-order valence-electron chi connectivity index (χ4n) is 5.76. The molecule has 41 heavy (non-hydrogen) atoms. The fourth-order valence-corrected chi connectivity index (χ4v) is 5.94. The minimum atomic E-state index is -1.56. The monoisotopic (exact) mass is 575 g/mol. The van der Waals surface area contributed by atoms with Crippen LogP contribution in [0.1, 0.15) is 47.2 Å². The van der Waals surface area contributed by atoms with E-state index in [0.29, 0.717) is 44.8 Å². The zero-order chi connectivity index (χ0) is 29.1. The van der Waals surface area contributed by atoms with E-state index in [1.54, 1.807) is 30.3 Å². The first-order chi connectivity index (χ1) is 19.7. The molecule has 1 N–H and O–H groups in total. The van der Waals surface area contributed by atoms with Crippen molar-refractivity contribution in [2.24, 2.45) is 0 Å². The number of amides is 2. The van der Waals surface area contributed by atoms with E-state index in [2.05, 4.69) is 10.3 Å². The molecule has 1 spiro atoms. The van der Waals surface area contributed by atoms with Gasteiger partial charge >= 0.3 is 0 Å². The van der Waals surface area contributed by atoms with Crippen molar-refractivity contribution in [1.82, 2.24) is 14.5 Å². The Bertz CT molecular complexity index is 1720. The summed E-state index contributed by atoms with van der Waals surface area (Å²) in [5.74, 6) is 0.148. The smallest absolute Gasteiger partial charge is 0.280 e. The van der Waals surface area contributed by atoms with Gasteiger partial charge in [-0.1, -0.05) is 29.8 Å². The molecular weight excluding hydrogens is 549 g/mol. The first kappa shape index (κ1) is 26.8. The van der Waals surface area contributed by atoms with E-state index in [1.165, 1.54) is 18.2 Å². The molecule has 4 aromatic rings. The van der Waals surface area contributed by atoms with Crippen molar-refractivity contribution in [2.75, 3.05) is 30.6 Å². The highest BCUT2D eigenvalue weighted by atomic mass is 35.5. The third kappa shape index (κ3) is 3.88. The summed E-state index contributed by atoms with van der Waals surface area (Å²) >= 11 is 6.36.